The van der Waals surface area contributed by atoms with Crippen molar-refractivity contribution in [3.63, 3.8) is 0 Å². The van der Waals surface area contributed by atoms with Crippen molar-refractivity contribution in [3.8, 4) is 11.8 Å². The van der Waals surface area contributed by atoms with Crippen LogP contribution in [0.1, 0.15) is 5.56 Å². The van der Waals surface area contributed by atoms with E-state index in [0.717, 1.165) is 16.3 Å². The van der Waals surface area contributed by atoms with Gasteiger partial charge in [0.2, 0.25) is 11.8 Å². The molecule has 2 aromatic heterocycles. The van der Waals surface area contributed by atoms with Gasteiger partial charge in [-0.15, -0.1) is 0 Å². The maximum absolute atomic E-state index is 12.5. The van der Waals surface area contributed by atoms with Crippen LogP contribution >= 0.6 is 11.6 Å². The molecule has 2 aromatic carbocycles. The van der Waals surface area contributed by atoms with Crippen LogP contribution in [0.2, 0.25) is 5.02 Å². The minimum atomic E-state index is -3.74. The van der Waals surface area contributed by atoms with E-state index >= 15 is 0 Å². The van der Waals surface area contributed by atoms with Crippen molar-refractivity contribution >= 4 is 38.1 Å². The number of rotatable bonds is 5. The highest BCUT2D eigenvalue weighted by Crippen LogP contribution is 2.30. The Morgan fingerprint density at radius 2 is 1.66 bits per heavy atom. The number of hydrogen-bond donors (Lipinski definition) is 1. The Hall–Kier alpha value is -3.16. The number of nitrogens with zero attached hydrogens (tertiary/aromatic N) is 2. The van der Waals surface area contributed by atoms with Gasteiger partial charge in [-0.25, -0.2) is 18.4 Å². The largest absolute Gasteiger partial charge is 0.419 e. The molecule has 0 aliphatic heterocycles. The van der Waals surface area contributed by atoms with E-state index in [9.17, 15) is 8.42 Å². The molecule has 0 fully saturated rings. The van der Waals surface area contributed by atoms with Gasteiger partial charge in [-0.3, -0.25) is 4.72 Å². The Balaban J connectivity index is 1.55. The van der Waals surface area contributed by atoms with Gasteiger partial charge >= 0.3 is 0 Å². The number of nitrogens with one attached hydrogen (secondary N) is 1. The van der Waals surface area contributed by atoms with E-state index in [-0.39, 0.29) is 21.5 Å². The van der Waals surface area contributed by atoms with Gasteiger partial charge in [0.25, 0.3) is 10.0 Å². The van der Waals surface area contributed by atoms with Gasteiger partial charge in [-0.1, -0.05) is 53.6 Å². The van der Waals surface area contributed by atoms with Gasteiger partial charge < -0.3 is 4.74 Å². The minimum absolute atomic E-state index is 0.132. The summed E-state index contributed by atoms with van der Waals surface area (Å²) in [4.78, 5) is 8.52. The first-order valence-electron chi connectivity index (χ1n) is 8.68. The third kappa shape index (κ3) is 4.31. The van der Waals surface area contributed by atoms with Gasteiger partial charge in [-0.2, -0.15) is 0 Å². The quantitative estimate of drug-likeness (QED) is 0.476. The van der Waals surface area contributed by atoms with Crippen molar-refractivity contribution in [3.05, 3.63) is 83.6 Å². The second-order valence-electron chi connectivity index (χ2n) is 6.40. The smallest absolute Gasteiger partial charge is 0.261 e. The summed E-state index contributed by atoms with van der Waals surface area (Å²) in [5.41, 5.74) is 1.20. The molecule has 0 amide bonds. The molecule has 0 aliphatic rings. The molecule has 0 spiro atoms. The molecule has 146 valence electrons. The molecule has 8 heteroatoms. The van der Waals surface area contributed by atoms with Gasteiger partial charge in [0.15, 0.2) is 0 Å². The standard InChI is InChI=1S/C21H16ClN3O3S/c1-14-6-8-18(9-7-14)29(26,27)25-17-11-19(22)21(24-13-17)28-20-10-15-4-2-3-5-16(15)12-23-20/h2-13,25H,1H3. The number of aryl methyl sites for hydroxylation is 1. The molecule has 0 saturated carbocycles. The summed E-state index contributed by atoms with van der Waals surface area (Å²) < 4.78 is 33.1. The lowest BCUT2D eigenvalue weighted by Gasteiger charge is -2.10. The summed E-state index contributed by atoms with van der Waals surface area (Å²) in [6.45, 7) is 1.89. The first kappa shape index (κ1) is 19.2. The minimum Gasteiger partial charge on any atom is -0.419 e. The van der Waals surface area contributed by atoms with Crippen molar-refractivity contribution in [1.82, 2.24) is 9.97 Å². The number of ether oxygens (including phenoxy) is 1. The average Bonchev–Trinajstić information content (AvgIpc) is 2.70. The SMILES string of the molecule is Cc1ccc(S(=O)(=O)Nc2cnc(Oc3cc4ccccc4cn3)c(Cl)c2)cc1. The third-order valence-electron chi connectivity index (χ3n) is 4.20. The molecule has 0 unspecified atom stereocenters. The second-order valence-corrected chi connectivity index (χ2v) is 8.49. The average molecular weight is 426 g/mol. The van der Waals surface area contributed by atoms with E-state index in [1.165, 1.54) is 24.4 Å². The van der Waals surface area contributed by atoms with Crippen LogP contribution in [0.15, 0.2) is 78.0 Å². The van der Waals surface area contributed by atoms with Gasteiger partial charge in [0, 0.05) is 17.6 Å². The van der Waals surface area contributed by atoms with Crippen LogP contribution in [0.4, 0.5) is 5.69 Å². The first-order valence-corrected chi connectivity index (χ1v) is 10.5. The molecule has 1 N–H and O–H groups in total. The Labute approximate surface area is 173 Å². The zero-order valence-electron chi connectivity index (χ0n) is 15.3. The summed E-state index contributed by atoms with van der Waals surface area (Å²) in [5.74, 6) is 0.471. The number of sulfonamides is 1. The number of pyridine rings is 2. The fourth-order valence-electron chi connectivity index (χ4n) is 2.71. The van der Waals surface area contributed by atoms with E-state index in [1.807, 2.05) is 31.2 Å². The number of fused-ring (bicyclic) bond motifs is 1. The summed E-state index contributed by atoms with van der Waals surface area (Å²) in [6, 6.07) is 17.5. The highest BCUT2D eigenvalue weighted by atomic mass is 35.5. The van der Waals surface area contributed by atoms with Crippen molar-refractivity contribution in [2.45, 2.75) is 11.8 Å². The van der Waals surface area contributed by atoms with Crippen LogP contribution in [0, 0.1) is 6.92 Å². The summed E-state index contributed by atoms with van der Waals surface area (Å²) in [7, 11) is -3.74. The van der Waals surface area contributed by atoms with E-state index in [0.29, 0.717) is 5.88 Å². The van der Waals surface area contributed by atoms with Crippen LogP contribution in [0.3, 0.4) is 0 Å². The number of hydrogen-bond acceptors (Lipinski definition) is 5. The number of benzene rings is 2. The Morgan fingerprint density at radius 1 is 0.931 bits per heavy atom. The van der Waals surface area contributed by atoms with Crippen molar-refractivity contribution in [2.75, 3.05) is 4.72 Å². The van der Waals surface area contributed by atoms with Crippen LogP contribution in [0.25, 0.3) is 10.8 Å². The predicted octanol–water partition coefficient (Wildman–Crippen LogP) is 5.18. The Kier molecular flexibility index (Phi) is 5.08. The molecule has 2 heterocycles. The molecular formula is C21H16ClN3O3S. The zero-order valence-corrected chi connectivity index (χ0v) is 16.9. The van der Waals surface area contributed by atoms with Crippen molar-refractivity contribution in [2.24, 2.45) is 0 Å². The fourth-order valence-corrected chi connectivity index (χ4v) is 3.95. The highest BCUT2D eigenvalue weighted by molar-refractivity contribution is 7.92. The van der Waals surface area contributed by atoms with Crippen LogP contribution in [-0.2, 0) is 10.0 Å². The maximum atomic E-state index is 12.5. The highest BCUT2D eigenvalue weighted by Gasteiger charge is 2.16. The molecular weight excluding hydrogens is 410 g/mol. The molecule has 6 nitrogen and oxygen atoms in total. The Bertz CT molecular complexity index is 1290. The molecule has 29 heavy (non-hydrogen) atoms. The molecule has 4 rings (SSSR count). The van der Waals surface area contributed by atoms with E-state index in [2.05, 4.69) is 14.7 Å². The second kappa shape index (κ2) is 7.69. The van der Waals surface area contributed by atoms with Crippen molar-refractivity contribution < 1.29 is 13.2 Å². The van der Waals surface area contributed by atoms with E-state index in [1.54, 1.807) is 24.4 Å². The van der Waals surface area contributed by atoms with Gasteiger partial charge in [0.05, 0.1) is 16.8 Å². The first-order chi connectivity index (χ1) is 13.9. The van der Waals surface area contributed by atoms with Crippen LogP contribution in [0.5, 0.6) is 11.8 Å². The zero-order chi connectivity index (χ0) is 20.4. The molecule has 0 bridgehead atoms. The van der Waals surface area contributed by atoms with E-state index in [4.69, 9.17) is 16.3 Å². The summed E-state index contributed by atoms with van der Waals surface area (Å²) in [6.07, 6.45) is 3.04. The lowest BCUT2D eigenvalue weighted by Crippen LogP contribution is -2.13. The number of anilines is 1. The van der Waals surface area contributed by atoms with Crippen LogP contribution < -0.4 is 9.46 Å². The lowest BCUT2D eigenvalue weighted by molar-refractivity contribution is 0.446. The lowest BCUT2D eigenvalue weighted by atomic mass is 10.2. The van der Waals surface area contributed by atoms with Crippen LogP contribution in [-0.4, -0.2) is 18.4 Å². The molecule has 0 atom stereocenters. The predicted molar refractivity (Wildman–Crippen MR) is 113 cm³/mol. The summed E-state index contributed by atoms with van der Waals surface area (Å²) in [5, 5.41) is 2.11. The van der Waals surface area contributed by atoms with Crippen molar-refractivity contribution in [1.29, 1.82) is 0 Å². The number of halogens is 1. The van der Waals surface area contributed by atoms with Gasteiger partial charge in [0.1, 0.15) is 5.02 Å². The van der Waals surface area contributed by atoms with E-state index < -0.39 is 10.0 Å². The monoisotopic (exact) mass is 425 g/mol. The molecule has 0 saturated heterocycles. The molecule has 0 radical (unpaired) electrons. The molecule has 0 aliphatic carbocycles. The number of aromatic nitrogens is 2. The fraction of sp³-hybridized carbons (Fsp3) is 0.0476. The maximum Gasteiger partial charge on any atom is 0.261 e. The van der Waals surface area contributed by atoms with Gasteiger partial charge in [-0.05, 0) is 30.5 Å². The Morgan fingerprint density at radius 3 is 2.38 bits per heavy atom. The topological polar surface area (TPSA) is 81.2 Å². The molecule has 4 aromatic rings. The third-order valence-corrected chi connectivity index (χ3v) is 5.87. The normalized spacial score (nSPS) is 11.4. The summed E-state index contributed by atoms with van der Waals surface area (Å²) >= 11 is 6.24.